The molecular formula is C18H18BrNO3S. The lowest BCUT2D eigenvalue weighted by Gasteiger charge is -2.12. The molecule has 0 aliphatic carbocycles. The summed E-state index contributed by atoms with van der Waals surface area (Å²) >= 11 is 4.77. The van der Waals surface area contributed by atoms with Crippen molar-refractivity contribution in [1.29, 1.82) is 0 Å². The van der Waals surface area contributed by atoms with E-state index in [-0.39, 0.29) is 17.8 Å². The molecule has 2 aromatic carbocycles. The van der Waals surface area contributed by atoms with Crippen LogP contribution in [0.4, 0.5) is 5.69 Å². The topological polar surface area (TPSA) is 55.4 Å². The highest BCUT2D eigenvalue weighted by atomic mass is 79.9. The smallest absolute Gasteiger partial charge is 0.319 e. The molecule has 1 N–H and O–H groups in total. The van der Waals surface area contributed by atoms with Crippen molar-refractivity contribution < 1.29 is 14.3 Å². The highest BCUT2D eigenvalue weighted by Gasteiger charge is 2.17. The SMILES string of the molecule is Cc1cc(Br)ccc1NC(=O)COC(=O)[C@@H](C)Sc1ccccc1. The molecule has 2 aromatic rings. The lowest BCUT2D eigenvalue weighted by Crippen LogP contribution is -2.25. The van der Waals surface area contributed by atoms with Crippen LogP contribution in [-0.4, -0.2) is 23.7 Å². The fourth-order valence-corrected chi connectivity index (χ4v) is 3.32. The number of halogens is 1. The highest BCUT2D eigenvalue weighted by molar-refractivity contribution is 9.10. The van der Waals surface area contributed by atoms with Gasteiger partial charge in [-0.25, -0.2) is 0 Å². The highest BCUT2D eigenvalue weighted by Crippen LogP contribution is 2.23. The summed E-state index contributed by atoms with van der Waals surface area (Å²) in [6, 6.07) is 15.1. The van der Waals surface area contributed by atoms with Crippen molar-refractivity contribution in [2.45, 2.75) is 24.0 Å². The van der Waals surface area contributed by atoms with Gasteiger partial charge in [-0.3, -0.25) is 9.59 Å². The Kier molecular flexibility index (Phi) is 6.87. The van der Waals surface area contributed by atoms with Crippen molar-refractivity contribution in [1.82, 2.24) is 0 Å². The van der Waals surface area contributed by atoms with Crippen molar-refractivity contribution in [2.24, 2.45) is 0 Å². The maximum atomic E-state index is 12.0. The molecule has 0 unspecified atom stereocenters. The average Bonchev–Trinajstić information content (AvgIpc) is 2.56. The van der Waals surface area contributed by atoms with Crippen LogP contribution in [0.5, 0.6) is 0 Å². The van der Waals surface area contributed by atoms with E-state index in [0.29, 0.717) is 5.69 Å². The summed E-state index contributed by atoms with van der Waals surface area (Å²) in [5, 5.41) is 2.36. The van der Waals surface area contributed by atoms with E-state index in [1.54, 1.807) is 13.0 Å². The molecule has 1 amide bonds. The number of thioether (sulfide) groups is 1. The number of amides is 1. The van der Waals surface area contributed by atoms with Crippen LogP contribution in [0.3, 0.4) is 0 Å². The summed E-state index contributed by atoms with van der Waals surface area (Å²) in [5.74, 6) is -0.766. The summed E-state index contributed by atoms with van der Waals surface area (Å²) in [4.78, 5) is 24.9. The maximum absolute atomic E-state index is 12.0. The molecule has 0 aliphatic rings. The van der Waals surface area contributed by atoms with Gasteiger partial charge < -0.3 is 10.1 Å². The van der Waals surface area contributed by atoms with Gasteiger partial charge in [0.25, 0.3) is 5.91 Å². The molecule has 0 aliphatic heterocycles. The Hall–Kier alpha value is -1.79. The Morgan fingerprint density at radius 1 is 1.21 bits per heavy atom. The predicted molar refractivity (Wildman–Crippen MR) is 100 cm³/mol. The van der Waals surface area contributed by atoms with Gasteiger partial charge in [-0.2, -0.15) is 0 Å². The number of rotatable bonds is 6. The molecule has 1 atom stereocenters. The lowest BCUT2D eigenvalue weighted by molar-refractivity contribution is -0.146. The third kappa shape index (κ3) is 5.69. The van der Waals surface area contributed by atoms with Crippen molar-refractivity contribution in [3.05, 3.63) is 58.6 Å². The first-order valence-electron chi connectivity index (χ1n) is 7.40. The predicted octanol–water partition coefficient (Wildman–Crippen LogP) is 4.42. The molecule has 0 saturated heterocycles. The van der Waals surface area contributed by atoms with E-state index in [4.69, 9.17) is 4.74 Å². The van der Waals surface area contributed by atoms with Crippen LogP contribution < -0.4 is 5.32 Å². The van der Waals surface area contributed by atoms with Crippen LogP contribution in [0.2, 0.25) is 0 Å². The Balaban J connectivity index is 1.81. The van der Waals surface area contributed by atoms with Crippen molar-refractivity contribution in [3.63, 3.8) is 0 Å². The van der Waals surface area contributed by atoms with Crippen LogP contribution in [0.15, 0.2) is 57.9 Å². The van der Waals surface area contributed by atoms with Gasteiger partial charge in [0.15, 0.2) is 6.61 Å². The quantitative estimate of drug-likeness (QED) is 0.568. The van der Waals surface area contributed by atoms with Crippen molar-refractivity contribution >= 4 is 45.3 Å². The van der Waals surface area contributed by atoms with Gasteiger partial charge in [0, 0.05) is 15.1 Å². The first-order valence-corrected chi connectivity index (χ1v) is 9.07. The molecule has 0 spiro atoms. The van der Waals surface area contributed by atoms with E-state index in [1.165, 1.54) is 11.8 Å². The molecule has 6 heteroatoms. The largest absolute Gasteiger partial charge is 0.455 e. The number of nitrogens with one attached hydrogen (secondary N) is 1. The second-order valence-electron chi connectivity index (χ2n) is 5.19. The van der Waals surface area contributed by atoms with Crippen LogP contribution in [-0.2, 0) is 14.3 Å². The van der Waals surface area contributed by atoms with E-state index >= 15 is 0 Å². The summed E-state index contributed by atoms with van der Waals surface area (Å²) < 4.78 is 6.03. The van der Waals surface area contributed by atoms with Gasteiger partial charge in [-0.1, -0.05) is 34.1 Å². The van der Waals surface area contributed by atoms with E-state index in [1.807, 2.05) is 49.4 Å². The van der Waals surface area contributed by atoms with Crippen molar-refractivity contribution in [3.8, 4) is 0 Å². The van der Waals surface area contributed by atoms with E-state index in [9.17, 15) is 9.59 Å². The molecule has 0 aromatic heterocycles. The van der Waals surface area contributed by atoms with E-state index < -0.39 is 5.97 Å². The number of hydrogen-bond donors (Lipinski definition) is 1. The van der Waals surface area contributed by atoms with Gasteiger partial charge in [-0.15, -0.1) is 11.8 Å². The average molecular weight is 408 g/mol. The normalized spacial score (nSPS) is 11.6. The van der Waals surface area contributed by atoms with Crippen LogP contribution in [0, 0.1) is 6.92 Å². The number of ether oxygens (including phenoxy) is 1. The Morgan fingerprint density at radius 2 is 1.92 bits per heavy atom. The maximum Gasteiger partial charge on any atom is 0.319 e. The number of aryl methyl sites for hydroxylation is 1. The second-order valence-corrected chi connectivity index (χ2v) is 7.52. The lowest BCUT2D eigenvalue weighted by atomic mass is 10.2. The van der Waals surface area contributed by atoms with Gasteiger partial charge >= 0.3 is 5.97 Å². The Morgan fingerprint density at radius 3 is 2.58 bits per heavy atom. The molecule has 0 radical (unpaired) electrons. The fraction of sp³-hybridized carbons (Fsp3) is 0.222. The first kappa shape index (κ1) is 18.5. The number of anilines is 1. The standard InChI is InChI=1S/C18H18BrNO3S/c1-12-10-14(19)8-9-16(12)20-17(21)11-23-18(22)13(2)24-15-6-4-3-5-7-15/h3-10,13H,11H2,1-2H3,(H,20,21)/t13-/m1/s1. The molecule has 4 nitrogen and oxygen atoms in total. The van der Waals surface area contributed by atoms with Gasteiger partial charge in [0.05, 0.1) is 0 Å². The molecule has 0 saturated carbocycles. The minimum absolute atomic E-state index is 0.298. The fourth-order valence-electron chi connectivity index (χ4n) is 1.96. The van der Waals surface area contributed by atoms with E-state index in [2.05, 4.69) is 21.2 Å². The molecule has 24 heavy (non-hydrogen) atoms. The third-order valence-electron chi connectivity index (χ3n) is 3.20. The monoisotopic (exact) mass is 407 g/mol. The van der Waals surface area contributed by atoms with Gasteiger partial charge in [-0.05, 0) is 49.7 Å². The number of carbonyl (C=O) groups excluding carboxylic acids is 2. The van der Waals surface area contributed by atoms with Crippen LogP contribution in [0.25, 0.3) is 0 Å². The zero-order valence-electron chi connectivity index (χ0n) is 13.4. The second kappa shape index (κ2) is 8.89. The summed E-state index contributed by atoms with van der Waals surface area (Å²) in [7, 11) is 0. The molecule has 0 bridgehead atoms. The number of benzene rings is 2. The summed E-state index contributed by atoms with van der Waals surface area (Å²) in [6.07, 6.45) is 0. The Bertz CT molecular complexity index is 721. The third-order valence-corrected chi connectivity index (χ3v) is 4.78. The molecule has 0 heterocycles. The van der Waals surface area contributed by atoms with Gasteiger partial charge in [0.1, 0.15) is 5.25 Å². The zero-order chi connectivity index (χ0) is 17.5. The minimum Gasteiger partial charge on any atom is -0.455 e. The minimum atomic E-state index is -0.411. The van der Waals surface area contributed by atoms with Crippen molar-refractivity contribution in [2.75, 3.05) is 11.9 Å². The first-order chi connectivity index (χ1) is 11.5. The number of esters is 1. The molecule has 0 fully saturated rings. The van der Waals surface area contributed by atoms with Crippen LogP contribution in [0.1, 0.15) is 12.5 Å². The van der Waals surface area contributed by atoms with Crippen LogP contribution >= 0.6 is 27.7 Å². The zero-order valence-corrected chi connectivity index (χ0v) is 15.8. The number of carbonyl (C=O) groups is 2. The molecular weight excluding hydrogens is 390 g/mol. The summed E-state index contributed by atoms with van der Waals surface area (Å²) in [6.45, 7) is 3.36. The van der Waals surface area contributed by atoms with Gasteiger partial charge in [0.2, 0.25) is 0 Å². The summed E-state index contributed by atoms with van der Waals surface area (Å²) in [5.41, 5.74) is 1.63. The number of hydrogen-bond acceptors (Lipinski definition) is 4. The molecule has 2 rings (SSSR count). The Labute approximate surface area is 154 Å². The molecule has 126 valence electrons. The van der Waals surface area contributed by atoms with E-state index in [0.717, 1.165) is 14.9 Å².